The first-order valence-corrected chi connectivity index (χ1v) is 9.91. The number of carbonyl (C=O) groups is 2. The van der Waals surface area contributed by atoms with Crippen molar-refractivity contribution in [2.45, 2.75) is 32.4 Å². The molecule has 0 atom stereocenters. The molecule has 4 heterocycles. The number of amides is 2. The molecule has 1 N–H and O–H groups in total. The van der Waals surface area contributed by atoms with E-state index in [1.807, 2.05) is 51.0 Å². The highest BCUT2D eigenvalue weighted by Gasteiger charge is 2.26. The van der Waals surface area contributed by atoms with Crippen LogP contribution in [0.5, 0.6) is 0 Å². The monoisotopic (exact) mass is 377 g/mol. The number of nitrogens with zero attached hydrogens (tertiary/aromatic N) is 4. The van der Waals surface area contributed by atoms with Gasteiger partial charge in [-0.2, -0.15) is 5.10 Å². The van der Waals surface area contributed by atoms with Crippen molar-refractivity contribution in [1.29, 1.82) is 0 Å². The molecule has 0 aliphatic carbocycles. The van der Waals surface area contributed by atoms with Gasteiger partial charge in [0.1, 0.15) is 0 Å². The maximum absolute atomic E-state index is 13.1. The SMILES string of the molecule is O=C(c1ccc2cc[nH]c2c1)N1CCCn2nc(C(=O)N3CCCC3)cc2C1. The van der Waals surface area contributed by atoms with Crippen molar-refractivity contribution in [2.75, 3.05) is 19.6 Å². The Kier molecular flexibility index (Phi) is 4.15. The van der Waals surface area contributed by atoms with Crippen LogP contribution in [0.4, 0.5) is 0 Å². The second kappa shape index (κ2) is 6.82. The lowest BCUT2D eigenvalue weighted by molar-refractivity contribution is 0.0745. The number of nitrogens with one attached hydrogen (secondary N) is 1. The van der Waals surface area contributed by atoms with Crippen molar-refractivity contribution in [3.63, 3.8) is 0 Å². The molecular formula is C21H23N5O2. The first-order valence-electron chi connectivity index (χ1n) is 9.91. The normalized spacial score (nSPS) is 17.0. The number of aromatic amines is 1. The Morgan fingerprint density at radius 2 is 1.71 bits per heavy atom. The van der Waals surface area contributed by atoms with E-state index in [9.17, 15) is 9.59 Å². The first kappa shape index (κ1) is 17.0. The molecule has 1 fully saturated rings. The van der Waals surface area contributed by atoms with Crippen LogP contribution in [-0.4, -0.2) is 56.0 Å². The van der Waals surface area contributed by atoms with Gasteiger partial charge in [-0.3, -0.25) is 14.3 Å². The molecule has 5 rings (SSSR count). The third kappa shape index (κ3) is 2.96. The van der Waals surface area contributed by atoms with Crippen molar-refractivity contribution >= 4 is 22.7 Å². The van der Waals surface area contributed by atoms with Crippen LogP contribution in [0.25, 0.3) is 10.9 Å². The molecule has 7 heteroatoms. The molecule has 2 aliphatic rings. The Balaban J connectivity index is 1.38. The van der Waals surface area contributed by atoms with Crippen LogP contribution in [0.15, 0.2) is 36.5 Å². The van der Waals surface area contributed by atoms with Gasteiger partial charge in [-0.25, -0.2) is 0 Å². The Labute approximate surface area is 162 Å². The molecule has 144 valence electrons. The van der Waals surface area contributed by atoms with E-state index < -0.39 is 0 Å². The van der Waals surface area contributed by atoms with E-state index in [2.05, 4.69) is 10.1 Å². The fraction of sp³-hybridized carbons (Fsp3) is 0.381. The first-order chi connectivity index (χ1) is 13.7. The average molecular weight is 377 g/mol. The van der Waals surface area contributed by atoms with Gasteiger partial charge in [-0.15, -0.1) is 0 Å². The number of carbonyl (C=O) groups excluding carboxylic acids is 2. The van der Waals surface area contributed by atoms with Gasteiger partial charge in [-0.1, -0.05) is 6.07 Å². The van der Waals surface area contributed by atoms with Gasteiger partial charge >= 0.3 is 0 Å². The third-order valence-electron chi connectivity index (χ3n) is 5.72. The third-order valence-corrected chi connectivity index (χ3v) is 5.72. The fourth-order valence-corrected chi connectivity index (χ4v) is 4.19. The molecule has 7 nitrogen and oxygen atoms in total. The summed E-state index contributed by atoms with van der Waals surface area (Å²) in [5.41, 5.74) is 3.06. The number of likely N-dealkylation sites (tertiary alicyclic amines) is 1. The lowest BCUT2D eigenvalue weighted by atomic mass is 10.1. The predicted molar refractivity (Wildman–Crippen MR) is 105 cm³/mol. The maximum atomic E-state index is 13.1. The van der Waals surface area contributed by atoms with E-state index in [-0.39, 0.29) is 11.8 Å². The van der Waals surface area contributed by atoms with Gasteiger partial charge in [0, 0.05) is 43.5 Å². The second-order valence-corrected chi connectivity index (χ2v) is 7.60. The number of fused-ring (bicyclic) bond motifs is 2. The van der Waals surface area contributed by atoms with Crippen LogP contribution in [0.1, 0.15) is 45.8 Å². The predicted octanol–water partition coefficient (Wildman–Crippen LogP) is 2.65. The molecule has 3 aromatic rings. The number of benzene rings is 1. The molecule has 0 radical (unpaired) electrons. The smallest absolute Gasteiger partial charge is 0.274 e. The number of hydrogen-bond acceptors (Lipinski definition) is 3. The minimum absolute atomic E-state index is 0.00754. The van der Waals surface area contributed by atoms with Gasteiger partial charge < -0.3 is 14.8 Å². The molecule has 0 spiro atoms. The molecule has 1 saturated heterocycles. The van der Waals surface area contributed by atoms with E-state index >= 15 is 0 Å². The number of H-pyrrole nitrogens is 1. The molecular weight excluding hydrogens is 354 g/mol. The molecule has 0 bridgehead atoms. The summed E-state index contributed by atoms with van der Waals surface area (Å²) in [6, 6.07) is 9.60. The topological polar surface area (TPSA) is 74.2 Å². The molecule has 0 unspecified atom stereocenters. The van der Waals surface area contributed by atoms with Crippen LogP contribution >= 0.6 is 0 Å². The fourth-order valence-electron chi connectivity index (χ4n) is 4.19. The quantitative estimate of drug-likeness (QED) is 0.746. The molecule has 2 aromatic heterocycles. The van der Waals surface area contributed by atoms with Crippen LogP contribution in [0.3, 0.4) is 0 Å². The van der Waals surface area contributed by atoms with Crippen molar-refractivity contribution in [3.05, 3.63) is 53.5 Å². The second-order valence-electron chi connectivity index (χ2n) is 7.60. The highest BCUT2D eigenvalue weighted by Crippen LogP contribution is 2.20. The summed E-state index contributed by atoms with van der Waals surface area (Å²) in [6.07, 6.45) is 4.82. The number of aryl methyl sites for hydroxylation is 1. The van der Waals surface area contributed by atoms with Gasteiger partial charge in [-0.05, 0) is 48.9 Å². The number of aromatic nitrogens is 3. The van der Waals surface area contributed by atoms with E-state index in [4.69, 9.17) is 0 Å². The minimum atomic E-state index is 0.00754. The van der Waals surface area contributed by atoms with Gasteiger partial charge in [0.25, 0.3) is 11.8 Å². The highest BCUT2D eigenvalue weighted by molar-refractivity contribution is 5.98. The van der Waals surface area contributed by atoms with Gasteiger partial charge in [0.2, 0.25) is 0 Å². The molecule has 0 saturated carbocycles. The standard InChI is InChI=1S/C21H23N5O2/c27-20(16-5-4-15-6-7-22-18(15)12-16)25-10-3-11-26-17(14-25)13-19(23-26)21(28)24-8-1-2-9-24/h4-7,12-13,22H,1-3,8-11,14H2. The minimum Gasteiger partial charge on any atom is -0.361 e. The van der Waals surface area contributed by atoms with E-state index in [0.29, 0.717) is 24.3 Å². The van der Waals surface area contributed by atoms with E-state index in [1.165, 1.54) is 0 Å². The zero-order valence-electron chi connectivity index (χ0n) is 15.7. The largest absolute Gasteiger partial charge is 0.361 e. The summed E-state index contributed by atoms with van der Waals surface area (Å²) in [5, 5.41) is 5.63. The summed E-state index contributed by atoms with van der Waals surface area (Å²) in [6.45, 7) is 3.50. The van der Waals surface area contributed by atoms with Crippen molar-refractivity contribution in [3.8, 4) is 0 Å². The van der Waals surface area contributed by atoms with E-state index in [0.717, 1.165) is 55.5 Å². The Morgan fingerprint density at radius 3 is 2.57 bits per heavy atom. The van der Waals surface area contributed by atoms with Crippen molar-refractivity contribution in [2.24, 2.45) is 0 Å². The van der Waals surface area contributed by atoms with Crippen LogP contribution < -0.4 is 0 Å². The van der Waals surface area contributed by atoms with E-state index in [1.54, 1.807) is 0 Å². The summed E-state index contributed by atoms with van der Waals surface area (Å²) in [4.78, 5) is 32.6. The summed E-state index contributed by atoms with van der Waals surface area (Å²) >= 11 is 0. The zero-order chi connectivity index (χ0) is 19.1. The van der Waals surface area contributed by atoms with Crippen LogP contribution in [-0.2, 0) is 13.1 Å². The van der Waals surface area contributed by atoms with Crippen molar-refractivity contribution < 1.29 is 9.59 Å². The Bertz CT molecular complexity index is 1040. The molecule has 28 heavy (non-hydrogen) atoms. The molecule has 2 amide bonds. The van der Waals surface area contributed by atoms with Crippen LogP contribution in [0, 0.1) is 0 Å². The maximum Gasteiger partial charge on any atom is 0.274 e. The van der Waals surface area contributed by atoms with Gasteiger partial charge in [0.05, 0.1) is 12.2 Å². The summed E-state index contributed by atoms with van der Waals surface area (Å²) < 4.78 is 1.89. The lowest BCUT2D eigenvalue weighted by Gasteiger charge is -2.20. The van der Waals surface area contributed by atoms with Crippen molar-refractivity contribution in [1.82, 2.24) is 24.6 Å². The van der Waals surface area contributed by atoms with Gasteiger partial charge in [0.15, 0.2) is 5.69 Å². The summed E-state index contributed by atoms with van der Waals surface area (Å²) in [7, 11) is 0. The summed E-state index contributed by atoms with van der Waals surface area (Å²) in [5.74, 6) is 0.0201. The number of hydrogen-bond donors (Lipinski definition) is 1. The zero-order valence-corrected chi connectivity index (χ0v) is 15.7. The highest BCUT2D eigenvalue weighted by atomic mass is 16.2. The molecule has 1 aromatic carbocycles. The number of rotatable bonds is 2. The lowest BCUT2D eigenvalue weighted by Crippen LogP contribution is -2.30. The Hall–Kier alpha value is -3.09. The van der Waals surface area contributed by atoms with Crippen LogP contribution in [0.2, 0.25) is 0 Å². The molecule has 2 aliphatic heterocycles. The Morgan fingerprint density at radius 1 is 0.893 bits per heavy atom. The average Bonchev–Trinajstić information content (AvgIpc) is 3.45.